The third kappa shape index (κ3) is 1.53. The average molecular weight is 336 g/mol. The minimum atomic E-state index is -1.30. The Balaban J connectivity index is 2.09. The van der Waals surface area contributed by atoms with Crippen molar-refractivity contribution >= 4 is 23.9 Å². The molecule has 0 saturated heterocycles. The fourth-order valence-electron chi connectivity index (χ4n) is 4.26. The van der Waals surface area contributed by atoms with Gasteiger partial charge in [-0.2, -0.15) is 0 Å². The molecule has 0 spiro atoms. The van der Waals surface area contributed by atoms with Gasteiger partial charge in [0.2, 0.25) is 0 Å². The van der Waals surface area contributed by atoms with Crippen LogP contribution in [0.3, 0.4) is 0 Å². The molecular weight excluding hydrogens is 320 g/mol. The molecule has 0 heterocycles. The van der Waals surface area contributed by atoms with E-state index in [2.05, 4.69) is 0 Å². The second-order valence-electron chi connectivity index (χ2n) is 5.77. The number of carbonyl (C=O) groups excluding carboxylic acids is 4. The van der Waals surface area contributed by atoms with Crippen LogP contribution in [-0.4, -0.2) is 52.3 Å². The fraction of sp³-hybridized carbons (Fsp3) is 0.500. The summed E-state index contributed by atoms with van der Waals surface area (Å²) in [5, 5.41) is 0. The SMILES string of the molecule is COC(=O)C1=CC2C3C(C(=O)OC)=C(C(=O)OC)C3C12C(=O)OC. The molecule has 0 bridgehead atoms. The van der Waals surface area contributed by atoms with E-state index in [1.54, 1.807) is 6.08 Å². The topological polar surface area (TPSA) is 105 Å². The predicted octanol–water partition coefficient (Wildman–Crippen LogP) is -0.223. The highest BCUT2D eigenvalue weighted by atomic mass is 16.5. The molecule has 8 heteroatoms. The molecule has 8 nitrogen and oxygen atoms in total. The molecule has 4 unspecified atom stereocenters. The van der Waals surface area contributed by atoms with Gasteiger partial charge in [-0.3, -0.25) is 4.79 Å². The van der Waals surface area contributed by atoms with Gasteiger partial charge < -0.3 is 18.9 Å². The first-order valence-electron chi connectivity index (χ1n) is 7.21. The highest BCUT2D eigenvalue weighted by Gasteiger charge is 2.81. The van der Waals surface area contributed by atoms with E-state index in [-0.39, 0.29) is 22.6 Å². The highest BCUT2D eigenvalue weighted by Crippen LogP contribution is 2.76. The molecule has 0 aromatic heterocycles. The van der Waals surface area contributed by atoms with E-state index in [9.17, 15) is 19.2 Å². The lowest BCUT2D eigenvalue weighted by Gasteiger charge is -2.68. The number of fused-ring (bicyclic) bond motifs is 4. The van der Waals surface area contributed by atoms with Crippen LogP contribution in [0, 0.1) is 23.2 Å². The van der Waals surface area contributed by atoms with Crippen LogP contribution in [0.15, 0.2) is 22.8 Å². The summed E-state index contributed by atoms with van der Waals surface area (Å²) in [4.78, 5) is 48.5. The molecule has 0 radical (unpaired) electrons. The van der Waals surface area contributed by atoms with Crippen LogP contribution in [0.2, 0.25) is 0 Å². The largest absolute Gasteiger partial charge is 0.468 e. The van der Waals surface area contributed by atoms with Gasteiger partial charge in [-0.1, -0.05) is 6.08 Å². The van der Waals surface area contributed by atoms with Crippen molar-refractivity contribution in [3.05, 3.63) is 22.8 Å². The summed E-state index contributed by atoms with van der Waals surface area (Å²) in [5.41, 5.74) is -0.897. The Morgan fingerprint density at radius 1 is 0.833 bits per heavy atom. The summed E-state index contributed by atoms with van der Waals surface area (Å²) in [6.07, 6.45) is 1.58. The van der Waals surface area contributed by atoms with E-state index >= 15 is 0 Å². The molecule has 4 atom stereocenters. The first-order chi connectivity index (χ1) is 11.4. The lowest BCUT2D eigenvalue weighted by molar-refractivity contribution is -0.187. The number of carbonyl (C=O) groups is 4. The van der Waals surface area contributed by atoms with Crippen LogP contribution in [-0.2, 0) is 38.1 Å². The fourth-order valence-corrected chi connectivity index (χ4v) is 4.26. The van der Waals surface area contributed by atoms with Crippen molar-refractivity contribution in [3.8, 4) is 0 Å². The van der Waals surface area contributed by atoms with Crippen LogP contribution in [0.4, 0.5) is 0 Å². The van der Waals surface area contributed by atoms with Crippen molar-refractivity contribution in [1.82, 2.24) is 0 Å². The molecule has 3 aliphatic carbocycles. The third-order valence-corrected chi connectivity index (χ3v) is 5.23. The zero-order valence-electron chi connectivity index (χ0n) is 13.6. The van der Waals surface area contributed by atoms with Gasteiger partial charge in [0.05, 0.1) is 45.2 Å². The Kier molecular flexibility index (Phi) is 3.51. The van der Waals surface area contributed by atoms with Crippen LogP contribution in [0.5, 0.6) is 0 Å². The number of allylic oxidation sites excluding steroid dienone is 1. The minimum absolute atomic E-state index is 0.0607. The molecule has 1 saturated carbocycles. The minimum Gasteiger partial charge on any atom is -0.468 e. The van der Waals surface area contributed by atoms with Crippen molar-refractivity contribution in [2.75, 3.05) is 28.4 Å². The molecule has 24 heavy (non-hydrogen) atoms. The molecule has 0 aromatic carbocycles. The van der Waals surface area contributed by atoms with E-state index in [1.807, 2.05) is 0 Å². The van der Waals surface area contributed by atoms with E-state index in [4.69, 9.17) is 18.9 Å². The molecule has 0 amide bonds. The first kappa shape index (κ1) is 16.2. The van der Waals surface area contributed by atoms with Gasteiger partial charge in [0.15, 0.2) is 0 Å². The van der Waals surface area contributed by atoms with Gasteiger partial charge in [0, 0.05) is 17.8 Å². The van der Waals surface area contributed by atoms with Gasteiger partial charge in [-0.05, 0) is 0 Å². The molecular formula is C16H16O8. The number of rotatable bonds is 4. The first-order valence-corrected chi connectivity index (χ1v) is 7.21. The average Bonchev–Trinajstić information content (AvgIpc) is 2.58. The van der Waals surface area contributed by atoms with Gasteiger partial charge in [-0.15, -0.1) is 0 Å². The van der Waals surface area contributed by atoms with Gasteiger partial charge in [0.25, 0.3) is 0 Å². The van der Waals surface area contributed by atoms with E-state index in [0.29, 0.717) is 0 Å². The van der Waals surface area contributed by atoms with Crippen LogP contribution >= 0.6 is 0 Å². The Bertz CT molecular complexity index is 730. The number of esters is 4. The van der Waals surface area contributed by atoms with Crippen molar-refractivity contribution in [2.45, 2.75) is 0 Å². The zero-order valence-corrected chi connectivity index (χ0v) is 13.6. The summed E-state index contributed by atoms with van der Waals surface area (Å²) in [7, 11) is 4.79. The Morgan fingerprint density at radius 2 is 1.38 bits per heavy atom. The van der Waals surface area contributed by atoms with Gasteiger partial charge in [0.1, 0.15) is 5.41 Å². The molecule has 3 aliphatic rings. The van der Waals surface area contributed by atoms with Crippen molar-refractivity contribution in [3.63, 3.8) is 0 Å². The van der Waals surface area contributed by atoms with Crippen molar-refractivity contribution in [2.24, 2.45) is 23.2 Å². The molecule has 1 fully saturated rings. The van der Waals surface area contributed by atoms with E-state index in [1.165, 1.54) is 28.4 Å². The highest BCUT2D eigenvalue weighted by molar-refractivity contribution is 6.11. The maximum atomic E-state index is 12.4. The van der Waals surface area contributed by atoms with Crippen molar-refractivity contribution < 1.29 is 38.1 Å². The van der Waals surface area contributed by atoms with Crippen LogP contribution < -0.4 is 0 Å². The summed E-state index contributed by atoms with van der Waals surface area (Å²) < 4.78 is 19.0. The summed E-state index contributed by atoms with van der Waals surface area (Å²) in [5.74, 6) is -4.11. The maximum absolute atomic E-state index is 12.4. The molecule has 0 aliphatic heterocycles. The summed E-state index contributed by atoms with van der Waals surface area (Å²) >= 11 is 0. The quantitative estimate of drug-likeness (QED) is 0.512. The molecule has 0 N–H and O–H groups in total. The standard InChI is InChI=1S/C16H16O8/c1-21-12(17)7-5-6-8-9(13(18)22-2)10(14(19)23-3)11(8)16(6,7)15(20)24-4/h5-6,8,11H,1-4H3. The van der Waals surface area contributed by atoms with Crippen LogP contribution in [0.1, 0.15) is 0 Å². The van der Waals surface area contributed by atoms with Gasteiger partial charge in [-0.25, -0.2) is 14.4 Å². The number of methoxy groups -OCH3 is 4. The Morgan fingerprint density at radius 3 is 1.88 bits per heavy atom. The second-order valence-corrected chi connectivity index (χ2v) is 5.77. The number of ether oxygens (including phenoxy) is 4. The van der Waals surface area contributed by atoms with Gasteiger partial charge >= 0.3 is 23.9 Å². The second kappa shape index (κ2) is 5.19. The Labute approximate surface area is 137 Å². The van der Waals surface area contributed by atoms with E-state index in [0.717, 1.165) is 0 Å². The number of hydrogen-bond acceptors (Lipinski definition) is 8. The molecule has 3 rings (SSSR count). The monoisotopic (exact) mass is 336 g/mol. The summed E-state index contributed by atoms with van der Waals surface area (Å²) in [6, 6.07) is 0. The van der Waals surface area contributed by atoms with Crippen molar-refractivity contribution in [1.29, 1.82) is 0 Å². The normalized spacial score (nSPS) is 31.8. The predicted molar refractivity (Wildman–Crippen MR) is 76.1 cm³/mol. The lowest BCUT2D eigenvalue weighted by Crippen LogP contribution is -2.73. The molecule has 0 aromatic rings. The number of hydrogen-bond donors (Lipinski definition) is 0. The van der Waals surface area contributed by atoms with E-state index < -0.39 is 41.1 Å². The zero-order chi connectivity index (χ0) is 17.8. The lowest BCUT2D eigenvalue weighted by atomic mass is 9.31. The maximum Gasteiger partial charge on any atom is 0.334 e. The van der Waals surface area contributed by atoms with Crippen LogP contribution in [0.25, 0.3) is 0 Å². The molecule has 128 valence electrons. The third-order valence-electron chi connectivity index (χ3n) is 5.23. The summed E-state index contributed by atoms with van der Waals surface area (Å²) in [6.45, 7) is 0. The Hall–Kier alpha value is -2.64. The smallest absolute Gasteiger partial charge is 0.334 e.